The zero-order valence-electron chi connectivity index (χ0n) is 9.36. The van der Waals surface area contributed by atoms with Crippen molar-refractivity contribution in [2.75, 3.05) is 0 Å². The molecular formula is C11H9BrF3NO3. The third kappa shape index (κ3) is 4.70. The van der Waals surface area contributed by atoms with E-state index < -0.39 is 30.7 Å². The smallest absolute Gasteiger partial charge is 0.405 e. The summed E-state index contributed by atoms with van der Waals surface area (Å²) in [5, 5.41) is 27.6. The van der Waals surface area contributed by atoms with Crippen molar-refractivity contribution in [1.82, 2.24) is 0 Å². The maximum absolute atomic E-state index is 12.2. The average molecular weight is 340 g/mol. The van der Waals surface area contributed by atoms with Crippen LogP contribution in [0.4, 0.5) is 13.2 Å². The predicted octanol–water partition coefficient (Wildman–Crippen LogP) is 2.66. The molecule has 1 aromatic carbocycles. The van der Waals surface area contributed by atoms with Gasteiger partial charge in [0.05, 0.1) is 18.6 Å². The van der Waals surface area contributed by atoms with Crippen LogP contribution in [0.5, 0.6) is 5.75 Å². The van der Waals surface area contributed by atoms with Gasteiger partial charge in [0.1, 0.15) is 11.9 Å². The molecule has 104 valence electrons. The van der Waals surface area contributed by atoms with Gasteiger partial charge in [0, 0.05) is 10.0 Å². The second-order valence-electron chi connectivity index (χ2n) is 3.60. The summed E-state index contributed by atoms with van der Waals surface area (Å²) in [6.07, 6.45) is -8.48. The number of alkyl halides is 3. The molecule has 8 heteroatoms. The number of aliphatic hydroxyl groups excluding tert-OH is 2. The number of ether oxygens (including phenoxy) is 1. The fourth-order valence-corrected chi connectivity index (χ4v) is 1.72. The highest BCUT2D eigenvalue weighted by atomic mass is 79.9. The maximum Gasteiger partial charge on any atom is 0.573 e. The normalized spacial score (nSPS) is 14.6. The number of benzene rings is 1. The number of hydrogen-bond donors (Lipinski definition) is 2. The fourth-order valence-electron chi connectivity index (χ4n) is 1.38. The molecule has 2 atom stereocenters. The lowest BCUT2D eigenvalue weighted by molar-refractivity contribution is -0.275. The Morgan fingerprint density at radius 2 is 2.00 bits per heavy atom. The van der Waals surface area contributed by atoms with Crippen LogP contribution in [0.2, 0.25) is 0 Å². The first kappa shape index (κ1) is 15.8. The van der Waals surface area contributed by atoms with E-state index in [1.54, 1.807) is 6.07 Å². The van der Waals surface area contributed by atoms with Crippen molar-refractivity contribution in [2.45, 2.75) is 25.0 Å². The van der Waals surface area contributed by atoms with Gasteiger partial charge in [-0.2, -0.15) is 5.26 Å². The number of nitrogens with zero attached hydrogens (tertiary/aromatic N) is 1. The van der Waals surface area contributed by atoms with E-state index >= 15 is 0 Å². The SMILES string of the molecule is N#CCC(O)C(O)c1ccc(Br)cc1OC(F)(F)F. The molecule has 19 heavy (non-hydrogen) atoms. The number of rotatable bonds is 4. The first-order valence-corrected chi connectivity index (χ1v) is 5.82. The van der Waals surface area contributed by atoms with Crippen molar-refractivity contribution in [1.29, 1.82) is 5.26 Å². The van der Waals surface area contributed by atoms with Crippen LogP contribution in [0.3, 0.4) is 0 Å². The summed E-state index contributed by atoms with van der Waals surface area (Å²) in [4.78, 5) is 0. The van der Waals surface area contributed by atoms with Gasteiger partial charge < -0.3 is 14.9 Å². The Balaban J connectivity index is 3.09. The highest BCUT2D eigenvalue weighted by Crippen LogP contribution is 2.34. The Kier molecular flexibility index (Phi) is 5.17. The molecule has 0 aromatic heterocycles. The summed E-state index contributed by atoms with van der Waals surface area (Å²) in [6.45, 7) is 0. The predicted molar refractivity (Wildman–Crippen MR) is 62.0 cm³/mol. The van der Waals surface area contributed by atoms with Crippen molar-refractivity contribution in [2.24, 2.45) is 0 Å². The lowest BCUT2D eigenvalue weighted by Gasteiger charge is -2.20. The Bertz CT molecular complexity index is 487. The summed E-state index contributed by atoms with van der Waals surface area (Å²) in [5.74, 6) is -0.633. The fraction of sp³-hybridized carbons (Fsp3) is 0.364. The minimum atomic E-state index is -4.92. The van der Waals surface area contributed by atoms with Crippen LogP contribution in [0.1, 0.15) is 18.1 Å². The van der Waals surface area contributed by atoms with Crippen LogP contribution in [0.15, 0.2) is 22.7 Å². The van der Waals surface area contributed by atoms with E-state index in [9.17, 15) is 23.4 Å². The molecule has 0 bridgehead atoms. The van der Waals surface area contributed by atoms with Gasteiger partial charge in [-0.3, -0.25) is 0 Å². The van der Waals surface area contributed by atoms with E-state index in [2.05, 4.69) is 20.7 Å². The monoisotopic (exact) mass is 339 g/mol. The number of aliphatic hydroxyl groups is 2. The lowest BCUT2D eigenvalue weighted by Crippen LogP contribution is -2.22. The molecule has 4 nitrogen and oxygen atoms in total. The summed E-state index contributed by atoms with van der Waals surface area (Å²) < 4.78 is 40.8. The molecule has 0 heterocycles. The van der Waals surface area contributed by atoms with Gasteiger partial charge in [-0.1, -0.05) is 22.0 Å². The van der Waals surface area contributed by atoms with Crippen LogP contribution in [-0.4, -0.2) is 22.7 Å². The van der Waals surface area contributed by atoms with Crippen molar-refractivity contribution in [3.63, 3.8) is 0 Å². The van der Waals surface area contributed by atoms with Gasteiger partial charge in [0.2, 0.25) is 0 Å². The van der Waals surface area contributed by atoms with Gasteiger partial charge in [-0.15, -0.1) is 13.2 Å². The number of nitriles is 1. The molecule has 0 radical (unpaired) electrons. The Morgan fingerprint density at radius 1 is 1.37 bits per heavy atom. The summed E-state index contributed by atoms with van der Waals surface area (Å²) >= 11 is 2.98. The van der Waals surface area contributed by atoms with Crippen molar-refractivity contribution in [3.8, 4) is 11.8 Å². The molecule has 0 saturated carbocycles. The molecule has 2 unspecified atom stereocenters. The average Bonchev–Trinajstić information content (AvgIpc) is 2.26. The molecule has 0 saturated heterocycles. The summed E-state index contributed by atoms with van der Waals surface area (Å²) in [7, 11) is 0. The Hall–Kier alpha value is -1.30. The first-order valence-electron chi connectivity index (χ1n) is 5.03. The largest absolute Gasteiger partial charge is 0.573 e. The van der Waals surface area contributed by atoms with Crippen LogP contribution < -0.4 is 4.74 Å². The molecule has 1 rings (SSSR count). The number of halogens is 4. The Labute approximate surface area is 115 Å². The van der Waals surface area contributed by atoms with E-state index in [4.69, 9.17) is 5.26 Å². The van der Waals surface area contributed by atoms with Gasteiger partial charge in [-0.25, -0.2) is 0 Å². The van der Waals surface area contributed by atoms with Gasteiger partial charge >= 0.3 is 6.36 Å². The topological polar surface area (TPSA) is 73.5 Å². The molecule has 0 spiro atoms. The highest BCUT2D eigenvalue weighted by molar-refractivity contribution is 9.10. The molecular weight excluding hydrogens is 331 g/mol. The van der Waals surface area contributed by atoms with Gasteiger partial charge in [-0.05, 0) is 12.1 Å². The zero-order chi connectivity index (χ0) is 14.6. The van der Waals surface area contributed by atoms with E-state index in [1.807, 2.05) is 0 Å². The van der Waals surface area contributed by atoms with E-state index in [0.29, 0.717) is 4.47 Å². The third-order valence-electron chi connectivity index (χ3n) is 2.18. The third-order valence-corrected chi connectivity index (χ3v) is 2.68. The van der Waals surface area contributed by atoms with Crippen molar-refractivity contribution < 1.29 is 28.1 Å². The zero-order valence-corrected chi connectivity index (χ0v) is 10.9. The molecule has 0 aliphatic rings. The summed E-state index contributed by atoms with van der Waals surface area (Å²) in [6, 6.07) is 5.20. The molecule has 0 aliphatic heterocycles. The minimum Gasteiger partial charge on any atom is -0.405 e. The second-order valence-corrected chi connectivity index (χ2v) is 4.52. The van der Waals surface area contributed by atoms with Crippen molar-refractivity contribution in [3.05, 3.63) is 28.2 Å². The van der Waals surface area contributed by atoms with E-state index in [-0.39, 0.29) is 5.56 Å². The minimum absolute atomic E-state index is 0.247. The van der Waals surface area contributed by atoms with E-state index in [1.165, 1.54) is 12.1 Å². The lowest BCUT2D eigenvalue weighted by atomic mass is 10.0. The van der Waals surface area contributed by atoms with Crippen molar-refractivity contribution >= 4 is 15.9 Å². The molecule has 0 fully saturated rings. The van der Waals surface area contributed by atoms with Crippen LogP contribution >= 0.6 is 15.9 Å². The van der Waals surface area contributed by atoms with Crippen LogP contribution in [0.25, 0.3) is 0 Å². The second kappa shape index (κ2) is 6.23. The molecule has 2 N–H and O–H groups in total. The number of hydrogen-bond acceptors (Lipinski definition) is 4. The van der Waals surface area contributed by atoms with Crippen LogP contribution in [-0.2, 0) is 0 Å². The first-order chi connectivity index (χ1) is 8.74. The van der Waals surface area contributed by atoms with Gasteiger partial charge in [0.25, 0.3) is 0 Å². The highest BCUT2D eigenvalue weighted by Gasteiger charge is 2.33. The van der Waals surface area contributed by atoms with Crippen LogP contribution in [0, 0.1) is 11.3 Å². The quantitative estimate of drug-likeness (QED) is 0.884. The molecule has 1 aromatic rings. The van der Waals surface area contributed by atoms with E-state index in [0.717, 1.165) is 6.07 Å². The standard InChI is InChI=1S/C11H9BrF3NO3/c12-6-1-2-7(10(18)8(17)3-4-16)9(5-6)19-11(13,14)15/h1-2,5,8,10,17-18H,3H2. The van der Waals surface area contributed by atoms with Gasteiger partial charge in [0.15, 0.2) is 0 Å². The molecule has 0 amide bonds. The maximum atomic E-state index is 12.2. The summed E-state index contributed by atoms with van der Waals surface area (Å²) in [5.41, 5.74) is -0.247. The Morgan fingerprint density at radius 3 is 2.53 bits per heavy atom. The molecule has 0 aliphatic carbocycles.